The van der Waals surface area contributed by atoms with Crippen molar-refractivity contribution >= 4 is 52.1 Å². The number of alkyl halides is 6. The summed E-state index contributed by atoms with van der Waals surface area (Å²) in [6, 6.07) is 38.7. The summed E-state index contributed by atoms with van der Waals surface area (Å²) < 4.78 is 69.3. The zero-order valence-electron chi connectivity index (χ0n) is 41.5. The number of anilines is 2. The first-order valence-corrected chi connectivity index (χ1v) is 23.8. The Morgan fingerprint density at radius 1 is 0.792 bits per heavy atom. The standard InChI is InChI=1S/C50H54N6O7.2C2HF3O2/c1-33(51-32-45(58)41-19-21-44(57)48-42(41)20-22-46(59)54-48)29-34-15-17-35(18-16-34)31-52-49(61)37-11-8-12-38(30-37)55(2)47(60)25-28-56-26-23-39(24-27-56)63-50(62)53-43-14-7-6-13-40(43)36-9-4-3-5-10-36;2*3-2(4,5)1(6)7/h3-22,30,33,39,45,51,57-58H,23-29,31-32H2,1-2H3,(H,52,61)(H,53,62)(H,54,59);2*(H,6,7)/t33?,45-;;/m0../s1. The molecule has 0 aliphatic carbocycles. The minimum Gasteiger partial charge on any atom is -0.506 e. The van der Waals surface area contributed by atoms with E-state index in [0.717, 1.165) is 22.3 Å². The molecule has 5 aromatic carbocycles. The van der Waals surface area contributed by atoms with Crippen molar-refractivity contribution in [2.24, 2.45) is 0 Å². The number of aromatic hydroxyl groups is 1. The molecule has 2 atom stereocenters. The van der Waals surface area contributed by atoms with Crippen LogP contribution in [0.4, 0.5) is 42.5 Å². The number of fused-ring (bicyclic) bond motifs is 1. The molecule has 1 unspecified atom stereocenters. The van der Waals surface area contributed by atoms with E-state index in [0.29, 0.717) is 85.3 Å². The van der Waals surface area contributed by atoms with Crippen LogP contribution in [-0.4, -0.2) is 118 Å². The number of hydrogen-bond acceptors (Lipinski definition) is 11. The lowest BCUT2D eigenvalue weighted by molar-refractivity contribution is -0.193. The lowest BCUT2D eigenvalue weighted by Gasteiger charge is -2.31. The van der Waals surface area contributed by atoms with Crippen molar-refractivity contribution in [2.45, 2.75) is 69.8 Å². The largest absolute Gasteiger partial charge is 0.506 e. The number of carbonyl (C=O) groups is 5. The van der Waals surface area contributed by atoms with Crippen LogP contribution in [0, 0.1) is 0 Å². The van der Waals surface area contributed by atoms with Gasteiger partial charge < -0.3 is 50.6 Å². The number of phenolic OH excluding ortho intramolecular Hbond substituents is 1. The number of nitrogens with one attached hydrogen (secondary N) is 4. The molecule has 0 radical (unpaired) electrons. The van der Waals surface area contributed by atoms with Crippen LogP contribution in [0.3, 0.4) is 0 Å². The molecule has 3 amide bonds. The summed E-state index contributed by atoms with van der Waals surface area (Å²) in [5, 5.41) is 45.2. The summed E-state index contributed by atoms with van der Waals surface area (Å²) in [7, 11) is 1.72. The summed E-state index contributed by atoms with van der Waals surface area (Å²) in [5.74, 6) is -5.87. The first kappa shape index (κ1) is 59.6. The maximum absolute atomic E-state index is 13.3. The van der Waals surface area contributed by atoms with Gasteiger partial charge in [-0.15, -0.1) is 0 Å². The maximum atomic E-state index is 13.3. The predicted molar refractivity (Wildman–Crippen MR) is 273 cm³/mol. The van der Waals surface area contributed by atoms with E-state index in [1.165, 1.54) is 12.1 Å². The lowest BCUT2D eigenvalue weighted by Crippen LogP contribution is -2.40. The number of para-hydroxylation sites is 1. The summed E-state index contributed by atoms with van der Waals surface area (Å²) in [6.07, 6.45) is -9.33. The Kier molecular flexibility index (Phi) is 21.3. The number of aromatic amines is 1. The van der Waals surface area contributed by atoms with Crippen molar-refractivity contribution in [1.82, 2.24) is 20.5 Å². The van der Waals surface area contributed by atoms with Crippen LogP contribution in [-0.2, 0) is 32.1 Å². The number of rotatable bonds is 16. The first-order valence-electron chi connectivity index (χ1n) is 23.8. The van der Waals surface area contributed by atoms with Crippen molar-refractivity contribution in [3.05, 3.63) is 160 Å². The van der Waals surface area contributed by atoms with Gasteiger partial charge in [0.1, 0.15) is 11.9 Å². The van der Waals surface area contributed by atoms with Crippen LogP contribution >= 0.6 is 0 Å². The summed E-state index contributed by atoms with van der Waals surface area (Å²) in [6.45, 7) is 4.64. The van der Waals surface area contributed by atoms with E-state index in [2.05, 4.69) is 25.8 Å². The summed E-state index contributed by atoms with van der Waals surface area (Å²) in [4.78, 5) is 75.2. The number of carbonyl (C=O) groups excluding carboxylic acids is 3. The lowest BCUT2D eigenvalue weighted by atomic mass is 10.0. The van der Waals surface area contributed by atoms with Gasteiger partial charge in [-0.05, 0) is 84.8 Å². The number of carboxylic acids is 2. The first-order chi connectivity index (χ1) is 36.4. The normalized spacial score (nSPS) is 13.6. The highest BCUT2D eigenvalue weighted by atomic mass is 19.4. The number of pyridine rings is 1. The number of aliphatic hydroxyl groups is 1. The number of H-pyrrole nitrogens is 1. The average Bonchev–Trinajstić information content (AvgIpc) is 3.40. The quantitative estimate of drug-likeness (QED) is 0.0425. The van der Waals surface area contributed by atoms with E-state index in [1.807, 2.05) is 91.9 Å². The SMILES string of the molecule is CC(Cc1ccc(CNC(=O)c2cccc(N(C)C(=O)CCN3CCC(OC(=O)Nc4ccccc4-c4ccccc4)CC3)c2)cc1)NC[C@H](O)c1ccc(O)c2[nH]c(=O)ccc12.O=C(O)C(F)(F)F.O=C(O)C(F)(F)F. The third-order valence-electron chi connectivity index (χ3n) is 12.0. The van der Waals surface area contributed by atoms with Gasteiger partial charge in [-0.3, -0.25) is 19.7 Å². The summed E-state index contributed by atoms with van der Waals surface area (Å²) in [5.41, 5.74) is 6.31. The van der Waals surface area contributed by atoms with Crippen molar-refractivity contribution in [3.8, 4) is 16.9 Å². The van der Waals surface area contributed by atoms with E-state index in [4.69, 9.17) is 24.5 Å². The second-order valence-electron chi connectivity index (χ2n) is 17.7. The number of benzene rings is 5. The van der Waals surface area contributed by atoms with Gasteiger partial charge in [0.05, 0.1) is 17.3 Å². The van der Waals surface area contributed by atoms with Crippen LogP contribution in [0.25, 0.3) is 22.0 Å². The second-order valence-corrected chi connectivity index (χ2v) is 17.7. The van der Waals surface area contributed by atoms with Crippen LogP contribution in [0.5, 0.6) is 5.75 Å². The Hall–Kier alpha value is -8.28. The molecule has 410 valence electrons. The average molecular weight is 1080 g/mol. The van der Waals surface area contributed by atoms with Crippen LogP contribution in [0.2, 0.25) is 0 Å². The zero-order chi connectivity index (χ0) is 56.5. The maximum Gasteiger partial charge on any atom is 0.490 e. The number of halogens is 6. The van der Waals surface area contributed by atoms with Gasteiger partial charge in [0.2, 0.25) is 11.5 Å². The molecule has 17 nitrogen and oxygen atoms in total. The number of aromatic nitrogens is 1. The third kappa shape index (κ3) is 18.5. The number of likely N-dealkylation sites (tertiary alicyclic amines) is 1. The number of aliphatic carboxylic acids is 2. The van der Waals surface area contributed by atoms with Gasteiger partial charge in [-0.1, -0.05) is 84.9 Å². The van der Waals surface area contributed by atoms with E-state index in [1.54, 1.807) is 42.3 Å². The fourth-order valence-corrected chi connectivity index (χ4v) is 7.90. The number of piperidine rings is 1. The van der Waals surface area contributed by atoms with Gasteiger partial charge in [0.15, 0.2) is 0 Å². The number of hydrogen-bond donors (Lipinski definition) is 8. The fraction of sp³-hybridized carbons (Fsp3) is 0.296. The molecule has 0 bridgehead atoms. The Morgan fingerprint density at radius 2 is 1.40 bits per heavy atom. The number of phenols is 1. The monoisotopic (exact) mass is 1080 g/mol. The number of nitrogens with zero attached hydrogens (tertiary/aromatic N) is 2. The van der Waals surface area contributed by atoms with Gasteiger partial charge in [0, 0.05) is 80.5 Å². The van der Waals surface area contributed by atoms with Crippen molar-refractivity contribution in [2.75, 3.05) is 43.4 Å². The highest BCUT2D eigenvalue weighted by Crippen LogP contribution is 2.30. The van der Waals surface area contributed by atoms with E-state index < -0.39 is 36.5 Å². The molecule has 1 aliphatic heterocycles. The molecular formula is C54H56F6N6O11. The van der Waals surface area contributed by atoms with Gasteiger partial charge >= 0.3 is 30.4 Å². The molecule has 7 rings (SSSR count). The molecule has 23 heteroatoms. The Bertz CT molecular complexity index is 3000. The Labute approximate surface area is 437 Å². The fourth-order valence-electron chi connectivity index (χ4n) is 7.90. The van der Waals surface area contributed by atoms with Crippen molar-refractivity contribution in [3.63, 3.8) is 0 Å². The molecule has 1 aromatic heterocycles. The van der Waals surface area contributed by atoms with Crippen molar-refractivity contribution < 1.29 is 75.5 Å². The van der Waals surface area contributed by atoms with E-state index >= 15 is 0 Å². The van der Waals surface area contributed by atoms with Gasteiger partial charge in [-0.25, -0.2) is 14.4 Å². The molecule has 2 heterocycles. The highest BCUT2D eigenvalue weighted by molar-refractivity contribution is 5.98. The van der Waals surface area contributed by atoms with E-state index in [9.17, 15) is 55.7 Å². The minimum atomic E-state index is -5.08. The smallest absolute Gasteiger partial charge is 0.490 e. The Balaban J connectivity index is 0.000000688. The number of aliphatic hydroxyl groups excluding tert-OH is 1. The number of carboxylic acid groups (broad SMARTS) is 2. The molecule has 77 heavy (non-hydrogen) atoms. The van der Waals surface area contributed by atoms with Crippen LogP contribution < -0.4 is 26.4 Å². The van der Waals surface area contributed by atoms with Crippen LogP contribution in [0.1, 0.15) is 59.3 Å². The number of amides is 3. The van der Waals surface area contributed by atoms with Crippen molar-refractivity contribution in [1.29, 1.82) is 0 Å². The number of ether oxygens (including phenoxy) is 1. The molecule has 6 aromatic rings. The molecule has 8 N–H and O–H groups in total. The second kappa shape index (κ2) is 27.5. The van der Waals surface area contributed by atoms with Crippen LogP contribution in [0.15, 0.2) is 132 Å². The summed E-state index contributed by atoms with van der Waals surface area (Å²) >= 11 is 0. The Morgan fingerprint density at radius 3 is 2.04 bits per heavy atom. The molecule has 1 saturated heterocycles. The molecule has 0 spiro atoms. The topological polar surface area (TPSA) is 251 Å². The zero-order valence-corrected chi connectivity index (χ0v) is 41.5. The van der Waals surface area contributed by atoms with Gasteiger partial charge in [0.25, 0.3) is 5.91 Å². The molecule has 0 saturated carbocycles. The molecule has 1 aliphatic rings. The minimum absolute atomic E-state index is 0.0419. The third-order valence-corrected chi connectivity index (χ3v) is 12.0. The molecular weight excluding hydrogens is 1020 g/mol. The molecule has 1 fully saturated rings. The highest BCUT2D eigenvalue weighted by Gasteiger charge is 2.39. The van der Waals surface area contributed by atoms with E-state index in [-0.39, 0.29) is 41.8 Å². The van der Waals surface area contributed by atoms with Gasteiger partial charge in [-0.2, -0.15) is 26.3 Å². The predicted octanol–water partition coefficient (Wildman–Crippen LogP) is 8.42.